The Hall–Kier alpha value is -0.570. The Labute approximate surface area is 68.3 Å². The van der Waals surface area contributed by atoms with E-state index in [9.17, 15) is 4.79 Å². The highest BCUT2D eigenvalue weighted by molar-refractivity contribution is 5.73. The average molecular weight is 158 g/mol. The number of hydrogen-bond donors (Lipinski definition) is 2. The first-order valence-corrected chi connectivity index (χ1v) is 4.17. The molecule has 1 atom stereocenters. The van der Waals surface area contributed by atoms with Crippen LogP contribution < -0.4 is 11.1 Å². The minimum atomic E-state index is 0.0388. The molecule has 3 nitrogen and oxygen atoms in total. The van der Waals surface area contributed by atoms with E-state index in [1.54, 1.807) is 6.92 Å². The Kier molecular flexibility index (Phi) is 5.84. The lowest BCUT2D eigenvalue weighted by atomic mass is 10.1. The van der Waals surface area contributed by atoms with E-state index in [4.69, 9.17) is 5.73 Å². The van der Waals surface area contributed by atoms with Gasteiger partial charge in [-0.2, -0.15) is 0 Å². The van der Waals surface area contributed by atoms with E-state index in [1.807, 2.05) is 0 Å². The van der Waals surface area contributed by atoms with Crippen LogP contribution >= 0.6 is 0 Å². The molecule has 0 fully saturated rings. The van der Waals surface area contributed by atoms with Gasteiger partial charge in [0.2, 0.25) is 5.91 Å². The molecule has 0 spiro atoms. The van der Waals surface area contributed by atoms with Crippen molar-refractivity contribution in [3.63, 3.8) is 0 Å². The molecule has 1 unspecified atom stereocenters. The summed E-state index contributed by atoms with van der Waals surface area (Å²) < 4.78 is 0. The van der Waals surface area contributed by atoms with Crippen LogP contribution in [0.5, 0.6) is 0 Å². The normalized spacial score (nSPS) is 12.6. The Bertz CT molecular complexity index is 109. The average Bonchev–Trinajstić information content (AvgIpc) is 1.87. The highest BCUT2D eigenvalue weighted by Crippen LogP contribution is 1.99. The third-order valence-corrected chi connectivity index (χ3v) is 1.56. The Balaban J connectivity index is 3.59. The lowest BCUT2D eigenvalue weighted by Gasteiger charge is -2.15. The van der Waals surface area contributed by atoms with Crippen molar-refractivity contribution in [1.29, 1.82) is 0 Å². The summed E-state index contributed by atoms with van der Waals surface area (Å²) in [5.41, 5.74) is 5.38. The minimum Gasteiger partial charge on any atom is -0.354 e. The fourth-order valence-corrected chi connectivity index (χ4v) is 1.13. The van der Waals surface area contributed by atoms with E-state index >= 15 is 0 Å². The molecule has 66 valence electrons. The van der Waals surface area contributed by atoms with Crippen LogP contribution in [0.25, 0.3) is 0 Å². The van der Waals surface area contributed by atoms with Crippen LogP contribution in [0.3, 0.4) is 0 Å². The molecule has 11 heavy (non-hydrogen) atoms. The van der Waals surface area contributed by atoms with Gasteiger partial charge in [-0.1, -0.05) is 13.3 Å². The minimum absolute atomic E-state index is 0.0388. The molecule has 0 bridgehead atoms. The summed E-state index contributed by atoms with van der Waals surface area (Å²) in [6.45, 7) is 4.29. The largest absolute Gasteiger partial charge is 0.354 e. The summed E-state index contributed by atoms with van der Waals surface area (Å²) >= 11 is 0. The van der Waals surface area contributed by atoms with Crippen molar-refractivity contribution in [2.45, 2.75) is 39.2 Å². The van der Waals surface area contributed by atoms with Crippen LogP contribution in [-0.4, -0.2) is 18.5 Å². The van der Waals surface area contributed by atoms with Gasteiger partial charge in [-0.25, -0.2) is 0 Å². The van der Waals surface area contributed by atoms with Crippen LogP contribution in [0, 0.1) is 0 Å². The molecule has 0 aliphatic carbocycles. The first-order valence-electron chi connectivity index (χ1n) is 4.17. The smallest absolute Gasteiger partial charge is 0.217 e. The molecule has 0 aromatic rings. The molecule has 0 saturated carbocycles. The summed E-state index contributed by atoms with van der Waals surface area (Å²) in [5, 5.41) is 2.86. The maximum atomic E-state index is 10.7. The molecular weight excluding hydrogens is 140 g/mol. The maximum Gasteiger partial charge on any atom is 0.217 e. The number of nitrogens with two attached hydrogens (primary N) is 1. The second-order valence-corrected chi connectivity index (χ2v) is 2.76. The molecular formula is C8H18N2O. The zero-order valence-corrected chi connectivity index (χ0v) is 7.39. The highest BCUT2D eigenvalue weighted by atomic mass is 16.1. The second kappa shape index (κ2) is 6.16. The molecule has 0 heterocycles. The van der Waals surface area contributed by atoms with E-state index in [2.05, 4.69) is 12.2 Å². The zero-order valence-electron chi connectivity index (χ0n) is 7.39. The van der Waals surface area contributed by atoms with Gasteiger partial charge in [0.15, 0.2) is 0 Å². The second-order valence-electron chi connectivity index (χ2n) is 2.76. The predicted octanol–water partition coefficient (Wildman–Crippen LogP) is 0.640. The first kappa shape index (κ1) is 10.4. The van der Waals surface area contributed by atoms with Crippen molar-refractivity contribution < 1.29 is 4.79 Å². The van der Waals surface area contributed by atoms with E-state index in [0.29, 0.717) is 6.54 Å². The number of amides is 1. The lowest BCUT2D eigenvalue weighted by molar-refractivity contribution is -0.119. The molecule has 0 radical (unpaired) electrons. The van der Waals surface area contributed by atoms with E-state index in [0.717, 1.165) is 19.3 Å². The van der Waals surface area contributed by atoms with Gasteiger partial charge >= 0.3 is 0 Å². The topological polar surface area (TPSA) is 55.1 Å². The van der Waals surface area contributed by atoms with Crippen LogP contribution in [0.4, 0.5) is 0 Å². The van der Waals surface area contributed by atoms with Crippen LogP contribution in [0.2, 0.25) is 0 Å². The van der Waals surface area contributed by atoms with Gasteiger partial charge in [0, 0.05) is 13.0 Å². The molecule has 0 aromatic carbocycles. The molecule has 3 N–H and O–H groups in total. The SMILES string of the molecule is CCCC(CCN)NC(C)=O. The molecule has 0 aromatic heterocycles. The van der Waals surface area contributed by atoms with Gasteiger partial charge in [-0.3, -0.25) is 4.79 Å². The van der Waals surface area contributed by atoms with Crippen molar-refractivity contribution in [3.05, 3.63) is 0 Å². The number of hydrogen-bond acceptors (Lipinski definition) is 2. The summed E-state index contributed by atoms with van der Waals surface area (Å²) in [6, 6.07) is 0.280. The number of carbonyl (C=O) groups is 1. The standard InChI is InChI=1S/C8H18N2O/c1-3-4-8(5-6-9)10-7(2)11/h8H,3-6,9H2,1-2H3,(H,10,11). The van der Waals surface area contributed by atoms with Gasteiger partial charge in [0.1, 0.15) is 0 Å². The lowest BCUT2D eigenvalue weighted by Crippen LogP contribution is -2.34. The van der Waals surface area contributed by atoms with Crippen LogP contribution in [0.15, 0.2) is 0 Å². The monoisotopic (exact) mass is 158 g/mol. The Morgan fingerprint density at radius 1 is 1.55 bits per heavy atom. The summed E-state index contributed by atoms with van der Waals surface area (Å²) in [6.07, 6.45) is 3.00. The summed E-state index contributed by atoms with van der Waals surface area (Å²) in [7, 11) is 0. The van der Waals surface area contributed by atoms with E-state index in [1.165, 1.54) is 0 Å². The fourth-order valence-electron chi connectivity index (χ4n) is 1.13. The highest BCUT2D eigenvalue weighted by Gasteiger charge is 2.06. The molecule has 3 heteroatoms. The number of nitrogens with one attached hydrogen (secondary N) is 1. The first-order chi connectivity index (χ1) is 5.20. The van der Waals surface area contributed by atoms with Crippen molar-refractivity contribution in [1.82, 2.24) is 5.32 Å². The number of rotatable bonds is 5. The summed E-state index contributed by atoms with van der Waals surface area (Å²) in [4.78, 5) is 10.7. The fraction of sp³-hybridized carbons (Fsp3) is 0.875. The van der Waals surface area contributed by atoms with Gasteiger partial charge in [-0.15, -0.1) is 0 Å². The third-order valence-electron chi connectivity index (χ3n) is 1.56. The number of carbonyl (C=O) groups excluding carboxylic acids is 1. The maximum absolute atomic E-state index is 10.7. The van der Waals surface area contributed by atoms with Crippen molar-refractivity contribution in [3.8, 4) is 0 Å². The van der Waals surface area contributed by atoms with E-state index < -0.39 is 0 Å². The third kappa shape index (κ3) is 5.85. The van der Waals surface area contributed by atoms with Crippen molar-refractivity contribution >= 4 is 5.91 Å². The molecule has 0 aliphatic rings. The van der Waals surface area contributed by atoms with Crippen LogP contribution in [0.1, 0.15) is 33.1 Å². The van der Waals surface area contributed by atoms with Crippen LogP contribution in [-0.2, 0) is 4.79 Å². The quantitative estimate of drug-likeness (QED) is 0.617. The van der Waals surface area contributed by atoms with Gasteiger partial charge in [-0.05, 0) is 19.4 Å². The zero-order chi connectivity index (χ0) is 8.69. The molecule has 0 aliphatic heterocycles. The predicted molar refractivity (Wildman–Crippen MR) is 46.2 cm³/mol. The van der Waals surface area contributed by atoms with Gasteiger partial charge in [0.25, 0.3) is 0 Å². The molecule has 1 amide bonds. The van der Waals surface area contributed by atoms with Crippen molar-refractivity contribution in [2.24, 2.45) is 5.73 Å². The van der Waals surface area contributed by atoms with E-state index in [-0.39, 0.29) is 11.9 Å². The van der Waals surface area contributed by atoms with Crippen molar-refractivity contribution in [2.75, 3.05) is 6.54 Å². The molecule has 0 rings (SSSR count). The Morgan fingerprint density at radius 3 is 2.55 bits per heavy atom. The van der Waals surface area contributed by atoms with Gasteiger partial charge < -0.3 is 11.1 Å². The Morgan fingerprint density at radius 2 is 2.18 bits per heavy atom. The summed E-state index contributed by atoms with van der Waals surface area (Å²) in [5.74, 6) is 0.0388. The van der Waals surface area contributed by atoms with Gasteiger partial charge in [0.05, 0.1) is 0 Å². The molecule has 0 saturated heterocycles.